The van der Waals surface area contributed by atoms with Crippen molar-refractivity contribution in [1.29, 1.82) is 5.26 Å². The van der Waals surface area contributed by atoms with Crippen molar-refractivity contribution in [2.75, 3.05) is 56.3 Å². The fourth-order valence-corrected chi connectivity index (χ4v) is 5.61. The van der Waals surface area contributed by atoms with Crippen LogP contribution in [0.15, 0.2) is 18.3 Å². The van der Waals surface area contributed by atoms with Crippen LogP contribution in [0.25, 0.3) is 22.3 Å². The van der Waals surface area contributed by atoms with Crippen LogP contribution in [0.3, 0.4) is 0 Å². The molecule has 2 saturated heterocycles. The van der Waals surface area contributed by atoms with Crippen LogP contribution in [0.2, 0.25) is 5.02 Å². The number of nitrogen functional groups attached to an aromatic ring is 1. The molecule has 0 radical (unpaired) electrons. The van der Waals surface area contributed by atoms with Crippen molar-refractivity contribution in [1.82, 2.24) is 23.8 Å². The van der Waals surface area contributed by atoms with E-state index in [2.05, 4.69) is 25.9 Å². The van der Waals surface area contributed by atoms with E-state index in [-0.39, 0.29) is 17.9 Å². The predicted octanol–water partition coefficient (Wildman–Crippen LogP) is 4.83. The molecule has 0 bridgehead atoms. The van der Waals surface area contributed by atoms with Crippen LogP contribution in [0, 0.1) is 23.1 Å². The van der Waals surface area contributed by atoms with Gasteiger partial charge in [0.2, 0.25) is 11.9 Å². The first-order valence-electron chi connectivity index (χ1n) is 13.5. The van der Waals surface area contributed by atoms with Gasteiger partial charge in [0, 0.05) is 44.0 Å². The van der Waals surface area contributed by atoms with Crippen LogP contribution in [-0.4, -0.2) is 73.7 Å². The van der Waals surface area contributed by atoms with Crippen LogP contribution in [0.1, 0.15) is 46.6 Å². The fraction of sp³-hybridized carbons (Fsp3) is 0.556. The summed E-state index contributed by atoms with van der Waals surface area (Å²) >= 11 is 6.22. The Hall–Kier alpha value is -2.85. The van der Waals surface area contributed by atoms with Gasteiger partial charge in [0.05, 0.1) is 58.6 Å². The molecular formula is C27H38ClFN8O2S. The van der Waals surface area contributed by atoms with Crippen molar-refractivity contribution in [3.8, 4) is 17.3 Å². The third-order valence-electron chi connectivity index (χ3n) is 6.51. The average Bonchev–Trinajstić information content (AvgIpc) is 3.37. The number of imidazole rings is 1. The summed E-state index contributed by atoms with van der Waals surface area (Å²) in [5, 5.41) is 8.93. The largest absolute Gasteiger partial charge is 0.378 e. The van der Waals surface area contributed by atoms with Gasteiger partial charge in [0.1, 0.15) is 5.52 Å². The highest BCUT2D eigenvalue weighted by molar-refractivity contribution is 7.81. The Labute approximate surface area is 242 Å². The smallest absolute Gasteiger partial charge is 0.220 e. The van der Waals surface area contributed by atoms with E-state index in [1.54, 1.807) is 6.26 Å². The summed E-state index contributed by atoms with van der Waals surface area (Å²) in [6.45, 7) is 12.4. The van der Waals surface area contributed by atoms with Gasteiger partial charge in [0.15, 0.2) is 5.82 Å². The Morgan fingerprint density at radius 3 is 2.55 bits per heavy atom. The van der Waals surface area contributed by atoms with E-state index < -0.39 is 16.8 Å². The highest BCUT2D eigenvalue weighted by atomic mass is 35.5. The Morgan fingerprint density at radius 1 is 1.23 bits per heavy atom. The number of nitrogens with zero attached hydrogens (tertiary/aromatic N) is 7. The average molecular weight is 593 g/mol. The lowest BCUT2D eigenvalue weighted by Gasteiger charge is -2.29. The van der Waals surface area contributed by atoms with Crippen molar-refractivity contribution < 1.29 is 13.3 Å². The molecule has 0 spiro atoms. The number of nitrogens with two attached hydrogens (primary N) is 1. The topological polar surface area (TPSA) is 126 Å². The summed E-state index contributed by atoms with van der Waals surface area (Å²) in [5.41, 5.74) is 7.63. The molecule has 0 saturated carbocycles. The molecule has 2 aliphatic heterocycles. The number of rotatable bonds is 4. The number of piperidine rings is 1. The van der Waals surface area contributed by atoms with Crippen molar-refractivity contribution in [3.05, 3.63) is 29.2 Å². The molecule has 5 rings (SSSR count). The summed E-state index contributed by atoms with van der Waals surface area (Å²) in [6.07, 6.45) is 5.04. The lowest BCUT2D eigenvalue weighted by molar-refractivity contribution is 0.121. The van der Waals surface area contributed by atoms with Gasteiger partial charge in [-0.1, -0.05) is 25.4 Å². The summed E-state index contributed by atoms with van der Waals surface area (Å²) in [4.78, 5) is 14.8. The zero-order chi connectivity index (χ0) is 29.4. The van der Waals surface area contributed by atoms with Crippen LogP contribution in [-0.2, 0) is 15.7 Å². The first kappa shape index (κ1) is 31.7. The molecule has 40 heavy (non-hydrogen) atoms. The first-order chi connectivity index (χ1) is 19.2. The minimum Gasteiger partial charge on any atom is -0.378 e. The highest BCUT2D eigenvalue weighted by Gasteiger charge is 2.24. The molecule has 10 nitrogen and oxygen atoms in total. The van der Waals surface area contributed by atoms with E-state index >= 15 is 0 Å². The number of morpholine rings is 1. The molecule has 2 N–H and O–H groups in total. The molecule has 2 unspecified atom stereocenters. The van der Waals surface area contributed by atoms with Gasteiger partial charge >= 0.3 is 0 Å². The third-order valence-corrected chi connectivity index (χ3v) is 7.84. The summed E-state index contributed by atoms with van der Waals surface area (Å²) < 4.78 is 35.3. The van der Waals surface area contributed by atoms with Gasteiger partial charge in [-0.05, 0) is 38.8 Å². The van der Waals surface area contributed by atoms with Gasteiger partial charge in [-0.3, -0.25) is 0 Å². The number of aromatic nitrogens is 4. The molecule has 13 heteroatoms. The molecule has 218 valence electrons. The number of ether oxygens (including phenoxy) is 1. The molecule has 4 heterocycles. The summed E-state index contributed by atoms with van der Waals surface area (Å²) in [7, 11) is -0.892. The van der Waals surface area contributed by atoms with E-state index in [1.165, 1.54) is 12.3 Å². The lowest BCUT2D eigenvalue weighted by Crippen LogP contribution is -2.38. The standard InChI is InChI=1S/C18H20ClFN6O.C7H12N2OS.C2H6/c1-10(2)26-14-8-11(15-12(19)9-22-17(21)23-15)7-13(20)16(14)24-18(26)25-3-5-27-6-4-25;1-11(10)9-4-2-3-7(5-8)6-9;1-2/h7-10H,3-6H2,1-2H3,(H2,21,22,23);7H,2-4,6H2,1H3;1-2H3. The maximum absolute atomic E-state index is 15.0. The maximum Gasteiger partial charge on any atom is 0.220 e. The van der Waals surface area contributed by atoms with E-state index in [0.29, 0.717) is 47.1 Å². The Morgan fingerprint density at radius 2 is 1.93 bits per heavy atom. The molecular weight excluding hydrogens is 555 g/mol. The van der Waals surface area contributed by atoms with Crippen molar-refractivity contribution in [2.24, 2.45) is 5.92 Å². The SMILES string of the molecule is CC.CC(C)n1c(N2CCOCC2)nc2c(F)cc(-c3nc(N)ncc3Cl)cc21.CS(=O)N1CCCC(C#N)C1. The van der Waals surface area contributed by atoms with Gasteiger partial charge in [-0.25, -0.2) is 27.9 Å². The third kappa shape index (κ3) is 7.46. The molecule has 0 amide bonds. The van der Waals surface area contributed by atoms with Crippen molar-refractivity contribution in [3.63, 3.8) is 0 Å². The maximum atomic E-state index is 15.0. The van der Waals surface area contributed by atoms with Crippen LogP contribution < -0.4 is 10.6 Å². The van der Waals surface area contributed by atoms with Gasteiger partial charge in [-0.2, -0.15) is 5.26 Å². The fourth-order valence-electron chi connectivity index (χ4n) is 4.64. The minimum atomic E-state index is -0.892. The quantitative estimate of drug-likeness (QED) is 0.457. The van der Waals surface area contributed by atoms with Crippen molar-refractivity contribution >= 4 is 45.5 Å². The molecule has 3 aromatic rings. The van der Waals surface area contributed by atoms with Crippen LogP contribution in [0.4, 0.5) is 16.3 Å². The van der Waals surface area contributed by atoms with Crippen molar-refractivity contribution in [2.45, 2.75) is 46.6 Å². The van der Waals surface area contributed by atoms with E-state index in [1.807, 2.05) is 42.6 Å². The zero-order valence-electron chi connectivity index (χ0n) is 23.7. The molecule has 1 aromatic carbocycles. The number of benzene rings is 1. The first-order valence-corrected chi connectivity index (χ1v) is 15.4. The monoisotopic (exact) mass is 592 g/mol. The zero-order valence-corrected chi connectivity index (χ0v) is 25.3. The van der Waals surface area contributed by atoms with Gasteiger partial charge < -0.3 is 19.9 Å². The molecule has 2 atom stereocenters. The summed E-state index contributed by atoms with van der Waals surface area (Å²) in [5.74, 6) is 0.492. The number of anilines is 2. The van der Waals surface area contributed by atoms with E-state index in [4.69, 9.17) is 27.3 Å². The van der Waals surface area contributed by atoms with E-state index in [0.717, 1.165) is 38.4 Å². The summed E-state index contributed by atoms with van der Waals surface area (Å²) in [6, 6.07) is 5.54. The number of hydrogen-bond acceptors (Lipinski definition) is 8. The molecule has 0 aliphatic carbocycles. The van der Waals surface area contributed by atoms with Gasteiger partial charge in [-0.15, -0.1) is 0 Å². The predicted molar refractivity (Wildman–Crippen MR) is 159 cm³/mol. The lowest BCUT2D eigenvalue weighted by atomic mass is 10.0. The second-order valence-corrected chi connectivity index (χ2v) is 11.3. The molecule has 2 fully saturated rings. The second kappa shape index (κ2) is 14.7. The van der Waals surface area contributed by atoms with Crippen LogP contribution >= 0.6 is 11.6 Å². The van der Waals surface area contributed by atoms with E-state index in [9.17, 15) is 8.60 Å². The Kier molecular flexibility index (Phi) is 11.6. The second-order valence-electron chi connectivity index (χ2n) is 9.51. The Bertz CT molecular complexity index is 1360. The molecule has 2 aliphatic rings. The Balaban J connectivity index is 0.000000285. The minimum absolute atomic E-state index is 0.0845. The normalized spacial score (nSPS) is 18.4. The number of nitriles is 1. The highest BCUT2D eigenvalue weighted by Crippen LogP contribution is 2.34. The number of hydrogen-bond donors (Lipinski definition) is 1. The number of halogens is 2. The van der Waals surface area contributed by atoms with Crippen LogP contribution in [0.5, 0.6) is 0 Å². The number of fused-ring (bicyclic) bond motifs is 1. The molecule has 2 aromatic heterocycles. The van der Waals surface area contributed by atoms with Gasteiger partial charge in [0.25, 0.3) is 0 Å².